The van der Waals surface area contributed by atoms with E-state index in [0.29, 0.717) is 23.0 Å². The Morgan fingerprint density at radius 1 is 0.528 bits per heavy atom. The van der Waals surface area contributed by atoms with Crippen molar-refractivity contribution in [2.24, 2.45) is 0 Å². The van der Waals surface area contributed by atoms with Gasteiger partial charge in [-0.2, -0.15) is 5.26 Å². The molecule has 0 aliphatic rings. The Kier molecular flexibility index (Phi) is 6.38. The van der Waals surface area contributed by atoms with Gasteiger partial charge in [-0.1, -0.05) is 84.9 Å². The van der Waals surface area contributed by atoms with E-state index < -0.39 is 0 Å². The Bertz CT molecular complexity index is 3280. The minimum Gasteiger partial charge on any atom is -0.455 e. The van der Waals surface area contributed by atoms with Crippen molar-refractivity contribution in [3.63, 3.8) is 0 Å². The number of hydrogen-bond donors (Lipinski definition) is 0. The summed E-state index contributed by atoms with van der Waals surface area (Å²) in [5.74, 6) is 1.71. The summed E-state index contributed by atoms with van der Waals surface area (Å²) in [6, 6.07) is 53.6. The maximum Gasteiger partial charge on any atom is 0.164 e. The van der Waals surface area contributed by atoms with Crippen LogP contribution < -0.4 is 0 Å². The Morgan fingerprint density at radius 2 is 1.11 bits per heavy atom. The van der Waals surface area contributed by atoms with Crippen LogP contribution in [0.5, 0.6) is 0 Å². The quantitative estimate of drug-likeness (QED) is 0.183. The number of benzene rings is 7. The lowest BCUT2D eigenvalue weighted by molar-refractivity contribution is 0.673. The van der Waals surface area contributed by atoms with Crippen molar-refractivity contribution in [3.8, 4) is 45.9 Å². The summed E-state index contributed by atoms with van der Waals surface area (Å²) >= 11 is 1.82. The molecule has 11 aromatic rings. The number of aromatic nitrogens is 4. The fraction of sp³-hybridized carbons (Fsp3) is 0. The number of nitriles is 1. The van der Waals surface area contributed by atoms with E-state index in [1.807, 2.05) is 59.9 Å². The number of nitrogens with zero attached hydrogens (tertiary/aromatic N) is 5. The summed E-state index contributed by atoms with van der Waals surface area (Å²) in [5.41, 5.74) is 8.34. The van der Waals surface area contributed by atoms with Gasteiger partial charge in [0.05, 0.1) is 27.4 Å². The SMILES string of the molecule is N#Cc1ccc(-c2nc(-c3ccccc3)nc(-c3ccc(-n4c5ccccc5c5c6c7ccccc7oc6c6c7ccccc7sc6c54)cc3)n2)cc1. The third-order valence-corrected chi connectivity index (χ3v) is 11.3. The van der Waals surface area contributed by atoms with Crippen LogP contribution in [0.4, 0.5) is 0 Å². The van der Waals surface area contributed by atoms with E-state index in [-0.39, 0.29) is 0 Å². The lowest BCUT2D eigenvalue weighted by atomic mass is 10.0. The molecule has 53 heavy (non-hydrogen) atoms. The first-order valence-corrected chi connectivity index (χ1v) is 18.2. The molecule has 4 heterocycles. The second kappa shape index (κ2) is 11.4. The van der Waals surface area contributed by atoms with Gasteiger partial charge >= 0.3 is 0 Å². The van der Waals surface area contributed by atoms with Gasteiger partial charge in [0.1, 0.15) is 11.2 Å². The number of para-hydroxylation sites is 2. The van der Waals surface area contributed by atoms with Gasteiger partial charge in [-0.15, -0.1) is 11.3 Å². The highest BCUT2D eigenvalue weighted by Crippen LogP contribution is 2.50. The molecule has 6 nitrogen and oxygen atoms in total. The first-order chi connectivity index (χ1) is 26.2. The zero-order chi connectivity index (χ0) is 35.0. The first-order valence-electron chi connectivity index (χ1n) is 17.3. The molecule has 0 spiro atoms. The summed E-state index contributed by atoms with van der Waals surface area (Å²) in [6.45, 7) is 0. The molecule has 7 aromatic carbocycles. The smallest absolute Gasteiger partial charge is 0.164 e. The molecule has 0 saturated heterocycles. The van der Waals surface area contributed by atoms with Gasteiger partial charge < -0.3 is 8.98 Å². The largest absolute Gasteiger partial charge is 0.455 e. The average Bonchev–Trinajstić information content (AvgIpc) is 3.91. The zero-order valence-electron chi connectivity index (χ0n) is 28.0. The fourth-order valence-corrected chi connectivity index (χ4v) is 8.93. The lowest BCUT2D eigenvalue weighted by Gasteiger charge is -2.11. The molecule has 0 saturated carbocycles. The fourth-order valence-electron chi connectivity index (χ4n) is 7.69. The normalized spacial score (nSPS) is 11.8. The molecular weight excluding hydrogens is 671 g/mol. The molecule has 7 heteroatoms. The molecule has 0 bridgehead atoms. The number of rotatable bonds is 4. The molecule has 11 rings (SSSR count). The van der Waals surface area contributed by atoms with E-state index in [9.17, 15) is 5.26 Å². The van der Waals surface area contributed by atoms with Crippen LogP contribution in [0.3, 0.4) is 0 Å². The van der Waals surface area contributed by atoms with E-state index in [2.05, 4.69) is 102 Å². The van der Waals surface area contributed by atoms with Crippen LogP contribution >= 0.6 is 11.3 Å². The summed E-state index contributed by atoms with van der Waals surface area (Å²) in [5, 5.41) is 16.3. The number of furan rings is 1. The van der Waals surface area contributed by atoms with Gasteiger partial charge in [-0.05, 0) is 66.7 Å². The summed E-state index contributed by atoms with van der Waals surface area (Å²) in [4.78, 5) is 14.8. The molecule has 246 valence electrons. The molecule has 0 fully saturated rings. The van der Waals surface area contributed by atoms with E-state index in [1.54, 1.807) is 12.1 Å². The van der Waals surface area contributed by atoms with Crippen LogP contribution in [-0.2, 0) is 0 Å². The number of hydrogen-bond acceptors (Lipinski definition) is 6. The van der Waals surface area contributed by atoms with Gasteiger partial charge in [0.2, 0.25) is 0 Å². The zero-order valence-corrected chi connectivity index (χ0v) is 28.8. The molecular formula is C46H25N5OS. The Labute approximate surface area is 306 Å². The molecule has 0 N–H and O–H groups in total. The van der Waals surface area contributed by atoms with Crippen molar-refractivity contribution in [1.82, 2.24) is 19.5 Å². The van der Waals surface area contributed by atoms with Crippen molar-refractivity contribution < 1.29 is 4.42 Å². The Morgan fingerprint density at radius 3 is 1.83 bits per heavy atom. The van der Waals surface area contributed by atoms with Gasteiger partial charge in [0.15, 0.2) is 17.5 Å². The van der Waals surface area contributed by atoms with Gasteiger partial charge in [0, 0.05) is 59.4 Å². The van der Waals surface area contributed by atoms with Crippen molar-refractivity contribution in [2.45, 2.75) is 0 Å². The van der Waals surface area contributed by atoms with Crippen LogP contribution in [0.1, 0.15) is 5.56 Å². The number of thiophene rings is 1. The second-order valence-electron chi connectivity index (χ2n) is 13.1. The minimum atomic E-state index is 0.549. The second-order valence-corrected chi connectivity index (χ2v) is 14.1. The van der Waals surface area contributed by atoms with Crippen molar-refractivity contribution in [1.29, 1.82) is 5.26 Å². The predicted octanol–water partition coefficient (Wildman–Crippen LogP) is 12.1. The molecule has 0 aliphatic heterocycles. The predicted molar refractivity (Wildman–Crippen MR) is 215 cm³/mol. The van der Waals surface area contributed by atoms with E-state index >= 15 is 0 Å². The van der Waals surface area contributed by atoms with Gasteiger partial charge in [-0.3, -0.25) is 0 Å². The monoisotopic (exact) mass is 695 g/mol. The maximum absolute atomic E-state index is 9.36. The standard InChI is InChI=1S/C46H25N5OS/c47-26-27-18-20-29(21-19-27)45-48-44(28-10-2-1-3-11-28)49-46(50-45)30-22-24-31(25-23-30)51-35-15-7-4-12-32(35)38-39-33-13-5-8-16-36(33)52-42(39)40-34-14-6-9-17-37(34)53-43(40)41(38)51/h1-25H. The highest BCUT2D eigenvalue weighted by Gasteiger charge is 2.25. The molecule has 0 amide bonds. The van der Waals surface area contributed by atoms with Gasteiger partial charge in [-0.25, -0.2) is 15.0 Å². The third kappa shape index (κ3) is 4.46. The van der Waals surface area contributed by atoms with Crippen molar-refractivity contribution >= 4 is 75.3 Å². The maximum atomic E-state index is 9.36. The highest BCUT2D eigenvalue weighted by molar-refractivity contribution is 7.27. The summed E-state index contributed by atoms with van der Waals surface area (Å²) in [6.07, 6.45) is 0. The summed E-state index contributed by atoms with van der Waals surface area (Å²) in [7, 11) is 0. The van der Waals surface area contributed by atoms with E-state index in [0.717, 1.165) is 55.2 Å². The van der Waals surface area contributed by atoms with Crippen LogP contribution in [0.15, 0.2) is 156 Å². The van der Waals surface area contributed by atoms with Crippen molar-refractivity contribution in [2.75, 3.05) is 0 Å². The lowest BCUT2D eigenvalue weighted by Crippen LogP contribution is -2.00. The Balaban J connectivity index is 1.16. The molecule has 4 aromatic heterocycles. The van der Waals surface area contributed by atoms with E-state index in [1.165, 1.54) is 31.1 Å². The van der Waals surface area contributed by atoms with Crippen LogP contribution in [0, 0.1) is 11.3 Å². The Hall–Kier alpha value is -7.14. The number of fused-ring (bicyclic) bond motifs is 12. The van der Waals surface area contributed by atoms with Crippen molar-refractivity contribution in [3.05, 3.63) is 157 Å². The molecule has 0 atom stereocenters. The third-order valence-electron chi connectivity index (χ3n) is 10.1. The summed E-state index contributed by atoms with van der Waals surface area (Å²) < 4.78 is 11.6. The van der Waals surface area contributed by atoms with Crippen LogP contribution in [-0.4, -0.2) is 19.5 Å². The van der Waals surface area contributed by atoms with Gasteiger partial charge in [0.25, 0.3) is 0 Å². The molecule has 0 unspecified atom stereocenters. The molecule has 0 radical (unpaired) electrons. The topological polar surface area (TPSA) is 80.5 Å². The van der Waals surface area contributed by atoms with Crippen LogP contribution in [0.2, 0.25) is 0 Å². The molecule has 0 aliphatic carbocycles. The van der Waals surface area contributed by atoms with E-state index in [4.69, 9.17) is 19.4 Å². The first kappa shape index (κ1) is 29.6. The highest BCUT2D eigenvalue weighted by atomic mass is 32.1. The minimum absolute atomic E-state index is 0.549. The van der Waals surface area contributed by atoms with Crippen LogP contribution in [0.25, 0.3) is 104 Å². The average molecular weight is 696 g/mol.